The van der Waals surface area contributed by atoms with E-state index in [0.717, 1.165) is 48.3 Å². The van der Waals surface area contributed by atoms with Crippen LogP contribution in [0.3, 0.4) is 0 Å². The Morgan fingerprint density at radius 3 is 2.39 bits per heavy atom. The molecule has 1 aromatic carbocycles. The van der Waals surface area contributed by atoms with Crippen LogP contribution >= 0.6 is 0 Å². The van der Waals surface area contributed by atoms with Crippen molar-refractivity contribution in [2.75, 3.05) is 44.6 Å². The van der Waals surface area contributed by atoms with E-state index < -0.39 is 5.60 Å². The molecule has 1 aliphatic carbocycles. The Balaban J connectivity index is 0.919. The lowest BCUT2D eigenvalue weighted by atomic mass is 9.61. The Kier molecular flexibility index (Phi) is 9.36. The van der Waals surface area contributed by atoms with Gasteiger partial charge in [0.05, 0.1) is 25.8 Å². The second kappa shape index (κ2) is 13.8. The number of nitrogens with one attached hydrogen (secondary N) is 1. The molecule has 0 unspecified atom stereocenters. The van der Waals surface area contributed by atoms with Gasteiger partial charge < -0.3 is 39.0 Å². The van der Waals surface area contributed by atoms with Crippen LogP contribution in [-0.4, -0.2) is 111 Å². The predicted octanol–water partition coefficient (Wildman–Crippen LogP) is 5.66. The first-order valence-electron chi connectivity index (χ1n) is 18.0. The molecule has 4 fully saturated rings. The molecule has 3 amide bonds. The number of carbonyl (C=O) groups is 3. The largest absolute Gasteiger partial charge is 0.472 e. The van der Waals surface area contributed by atoms with Crippen molar-refractivity contribution >= 4 is 29.7 Å². The van der Waals surface area contributed by atoms with Gasteiger partial charge in [-0.15, -0.1) is 0 Å². The van der Waals surface area contributed by atoms with E-state index in [4.69, 9.17) is 23.9 Å². The van der Waals surface area contributed by atoms with Crippen LogP contribution in [0.4, 0.5) is 20.2 Å². The fraction of sp³-hybridized carbons (Fsp3) is 0.595. The molecule has 51 heavy (non-hydrogen) atoms. The fourth-order valence-corrected chi connectivity index (χ4v) is 7.36. The Hall–Kier alpha value is -4.75. The number of carbonyl (C=O) groups excluding carboxylic acids is 3. The number of nitrogens with zero attached hydrogens (tertiary/aromatic N) is 6. The highest BCUT2D eigenvalue weighted by molar-refractivity contribution is 5.72. The Morgan fingerprint density at radius 2 is 1.69 bits per heavy atom. The minimum atomic E-state index is -0.561. The van der Waals surface area contributed by atoms with E-state index in [0.29, 0.717) is 45.1 Å². The van der Waals surface area contributed by atoms with Crippen LogP contribution in [0.2, 0.25) is 0 Å². The van der Waals surface area contributed by atoms with E-state index in [1.54, 1.807) is 14.7 Å². The number of rotatable bonds is 8. The summed E-state index contributed by atoms with van der Waals surface area (Å²) in [6, 6.07) is 11.8. The van der Waals surface area contributed by atoms with E-state index in [1.165, 1.54) is 0 Å². The molecule has 7 rings (SSSR count). The van der Waals surface area contributed by atoms with Gasteiger partial charge in [-0.2, -0.15) is 14.6 Å². The zero-order valence-corrected chi connectivity index (χ0v) is 30.2. The lowest BCUT2D eigenvalue weighted by molar-refractivity contribution is -0.0842. The molecule has 1 spiro atoms. The maximum atomic E-state index is 12.9. The van der Waals surface area contributed by atoms with Crippen molar-refractivity contribution in [2.45, 2.75) is 96.7 Å². The average molecular weight is 704 g/mol. The summed E-state index contributed by atoms with van der Waals surface area (Å²) < 4.78 is 24.9. The first-order valence-corrected chi connectivity index (χ1v) is 18.0. The number of hydrogen-bond acceptors (Lipinski definition) is 10. The number of likely N-dealkylation sites (tertiary alicyclic amines) is 3. The van der Waals surface area contributed by atoms with Gasteiger partial charge in [0, 0.05) is 42.7 Å². The van der Waals surface area contributed by atoms with Gasteiger partial charge in [0.2, 0.25) is 5.88 Å². The summed E-state index contributed by atoms with van der Waals surface area (Å²) in [5.41, 5.74) is 2.22. The summed E-state index contributed by atoms with van der Waals surface area (Å²) in [6.45, 7) is 13.0. The maximum absolute atomic E-state index is 12.9. The normalized spacial score (nSPS) is 20.4. The number of fused-ring (bicyclic) bond motifs is 1. The van der Waals surface area contributed by atoms with Crippen LogP contribution in [0.15, 0.2) is 42.6 Å². The second-order valence-electron chi connectivity index (χ2n) is 15.8. The minimum absolute atomic E-state index is 0.0677. The van der Waals surface area contributed by atoms with Crippen molar-refractivity contribution in [3.8, 4) is 5.88 Å². The highest BCUT2D eigenvalue weighted by Crippen LogP contribution is 2.49. The number of aromatic nitrogens is 3. The van der Waals surface area contributed by atoms with Gasteiger partial charge in [0.25, 0.3) is 0 Å². The zero-order chi connectivity index (χ0) is 35.9. The van der Waals surface area contributed by atoms with E-state index in [-0.39, 0.29) is 54.5 Å². The molecule has 0 bridgehead atoms. The molecule has 14 heteroatoms. The lowest BCUT2D eigenvalue weighted by Crippen LogP contribution is -2.67. The molecule has 3 saturated heterocycles. The molecule has 3 aliphatic heterocycles. The SMILES string of the molecule is CC(C)c1cnn2c(NC3CC4(C3)CN(C(=O)OC3CN(C(=O)OC(C)(C)C)C3)C4)cc(O[C@@H]3CCCN(C(=O)OCc4ccccc4)C3)nc12. The summed E-state index contributed by atoms with van der Waals surface area (Å²) in [4.78, 5) is 47.7. The molecule has 0 radical (unpaired) electrons. The van der Waals surface area contributed by atoms with Crippen molar-refractivity contribution in [3.63, 3.8) is 0 Å². The van der Waals surface area contributed by atoms with Crippen LogP contribution < -0.4 is 10.1 Å². The number of amides is 3. The molecule has 1 saturated carbocycles. The first kappa shape index (κ1) is 34.7. The predicted molar refractivity (Wildman–Crippen MR) is 188 cm³/mol. The lowest BCUT2D eigenvalue weighted by Gasteiger charge is -2.58. The van der Waals surface area contributed by atoms with Gasteiger partial charge in [-0.05, 0) is 57.9 Å². The third kappa shape index (κ3) is 7.79. The fourth-order valence-electron chi connectivity index (χ4n) is 7.36. The third-order valence-electron chi connectivity index (χ3n) is 10.0. The molecule has 1 atom stereocenters. The molecule has 2 aromatic heterocycles. The van der Waals surface area contributed by atoms with Gasteiger partial charge in [-0.3, -0.25) is 0 Å². The quantitative estimate of drug-likeness (QED) is 0.292. The summed E-state index contributed by atoms with van der Waals surface area (Å²) in [6.07, 6.45) is 3.72. The number of benzene rings is 1. The summed E-state index contributed by atoms with van der Waals surface area (Å²) in [7, 11) is 0. The number of anilines is 1. The van der Waals surface area contributed by atoms with Gasteiger partial charge in [0.15, 0.2) is 5.65 Å². The number of hydrogen-bond donors (Lipinski definition) is 1. The van der Waals surface area contributed by atoms with Crippen LogP contribution in [-0.2, 0) is 20.8 Å². The van der Waals surface area contributed by atoms with Crippen molar-refractivity contribution < 1.29 is 33.3 Å². The monoisotopic (exact) mass is 703 g/mol. The topological polar surface area (TPSA) is 140 Å². The molecule has 4 aliphatic rings. The highest BCUT2D eigenvalue weighted by Gasteiger charge is 2.54. The summed E-state index contributed by atoms with van der Waals surface area (Å²) in [5, 5.41) is 8.34. The van der Waals surface area contributed by atoms with E-state index in [9.17, 15) is 14.4 Å². The van der Waals surface area contributed by atoms with Crippen molar-refractivity contribution in [1.82, 2.24) is 29.3 Å². The van der Waals surface area contributed by atoms with E-state index in [2.05, 4.69) is 24.3 Å². The Labute approximate surface area is 298 Å². The number of piperidine rings is 1. The Morgan fingerprint density at radius 1 is 0.961 bits per heavy atom. The van der Waals surface area contributed by atoms with Crippen LogP contribution in [0.25, 0.3) is 5.65 Å². The minimum Gasteiger partial charge on any atom is -0.472 e. The maximum Gasteiger partial charge on any atom is 0.410 e. The smallest absolute Gasteiger partial charge is 0.410 e. The Bertz CT molecular complexity index is 1740. The van der Waals surface area contributed by atoms with Gasteiger partial charge in [-0.1, -0.05) is 44.2 Å². The van der Waals surface area contributed by atoms with Gasteiger partial charge in [0.1, 0.15) is 30.2 Å². The highest BCUT2D eigenvalue weighted by atomic mass is 16.6. The van der Waals surface area contributed by atoms with Crippen molar-refractivity contribution in [3.05, 3.63) is 53.7 Å². The van der Waals surface area contributed by atoms with E-state index >= 15 is 0 Å². The third-order valence-corrected chi connectivity index (χ3v) is 10.0. The van der Waals surface area contributed by atoms with Gasteiger partial charge >= 0.3 is 18.3 Å². The molecule has 14 nitrogen and oxygen atoms in total. The van der Waals surface area contributed by atoms with Crippen LogP contribution in [0, 0.1) is 5.41 Å². The van der Waals surface area contributed by atoms with Crippen LogP contribution in [0.1, 0.15) is 77.3 Å². The molecular formula is C37H49N7O7. The standard InChI is InChI=1S/C37H49N7O7/c1-24(2)29-17-38-44-30(14-31(40-32(29)44)49-27-12-9-13-41(18-27)33(45)48-21-25-10-7-6-8-11-25)39-26-15-37(16-26)22-43(23-37)34(46)50-28-19-42(20-28)35(47)51-36(3,4)5/h6-8,10-11,14,17,24,26-28,39H,9,12-13,15-16,18-23H2,1-5H3/t27-/m1/s1. The van der Waals surface area contributed by atoms with Crippen LogP contribution in [0.5, 0.6) is 5.88 Å². The van der Waals surface area contributed by atoms with Crippen molar-refractivity contribution in [1.29, 1.82) is 0 Å². The zero-order valence-electron chi connectivity index (χ0n) is 30.2. The number of ether oxygens (including phenoxy) is 4. The average Bonchev–Trinajstić information content (AvgIpc) is 3.46. The van der Waals surface area contributed by atoms with E-state index in [1.807, 2.05) is 67.9 Å². The molecule has 1 N–H and O–H groups in total. The first-order chi connectivity index (χ1) is 24.3. The van der Waals surface area contributed by atoms with Gasteiger partial charge in [-0.25, -0.2) is 14.4 Å². The summed E-state index contributed by atoms with van der Waals surface area (Å²) >= 11 is 0. The molecular weight excluding hydrogens is 654 g/mol. The summed E-state index contributed by atoms with van der Waals surface area (Å²) in [5.74, 6) is 1.51. The molecule has 5 heterocycles. The molecule has 3 aromatic rings. The van der Waals surface area contributed by atoms with Crippen molar-refractivity contribution in [2.24, 2.45) is 5.41 Å². The second-order valence-corrected chi connectivity index (χ2v) is 15.8. The molecule has 274 valence electrons.